The van der Waals surface area contributed by atoms with Gasteiger partial charge in [0.2, 0.25) is 0 Å². The van der Waals surface area contributed by atoms with E-state index < -0.39 is 0 Å². The Bertz CT molecular complexity index is 745. The molecular formula is C18H17BrFNO2S. The first-order valence-electron chi connectivity index (χ1n) is 7.60. The number of ether oxygens (including phenoxy) is 1. The van der Waals surface area contributed by atoms with E-state index in [0.29, 0.717) is 5.56 Å². The molecule has 126 valence electrons. The lowest BCUT2D eigenvalue weighted by Crippen LogP contribution is -2.33. The molecule has 24 heavy (non-hydrogen) atoms. The van der Waals surface area contributed by atoms with E-state index in [1.807, 2.05) is 17.8 Å². The summed E-state index contributed by atoms with van der Waals surface area (Å²) in [5, 5.41) is 0. The van der Waals surface area contributed by atoms with Crippen molar-refractivity contribution in [3.8, 4) is 11.1 Å². The van der Waals surface area contributed by atoms with Gasteiger partial charge in [0, 0.05) is 29.1 Å². The van der Waals surface area contributed by atoms with E-state index in [9.17, 15) is 9.18 Å². The van der Waals surface area contributed by atoms with Gasteiger partial charge in [-0.1, -0.05) is 28.1 Å². The number of hydrogen-bond donors (Lipinski definition) is 0. The first kappa shape index (κ1) is 17.3. The molecule has 0 unspecified atom stereocenters. The number of carbonyl (C=O) groups is 1. The number of nitrogens with zero attached hydrogens (tertiary/aromatic N) is 1. The van der Waals surface area contributed by atoms with Crippen LogP contribution < -0.4 is 4.90 Å². The summed E-state index contributed by atoms with van der Waals surface area (Å²) in [7, 11) is 1.39. The highest BCUT2D eigenvalue weighted by atomic mass is 79.9. The minimum absolute atomic E-state index is 0.269. The Morgan fingerprint density at radius 2 is 1.88 bits per heavy atom. The van der Waals surface area contributed by atoms with Gasteiger partial charge in [0.25, 0.3) is 0 Å². The van der Waals surface area contributed by atoms with Gasteiger partial charge in [-0.15, -0.1) is 0 Å². The third kappa shape index (κ3) is 3.59. The molecule has 1 fully saturated rings. The normalized spacial score (nSPS) is 14.5. The third-order valence-electron chi connectivity index (χ3n) is 4.00. The summed E-state index contributed by atoms with van der Waals surface area (Å²) < 4.78 is 18.9. The molecule has 2 aromatic carbocycles. The molecule has 1 aliphatic heterocycles. The van der Waals surface area contributed by atoms with Gasteiger partial charge in [-0.3, -0.25) is 0 Å². The van der Waals surface area contributed by atoms with Crippen LogP contribution in [0, 0.1) is 5.82 Å². The fourth-order valence-corrected chi connectivity index (χ4v) is 4.23. The molecular weight excluding hydrogens is 393 g/mol. The zero-order valence-corrected chi connectivity index (χ0v) is 15.6. The maximum atomic E-state index is 13.2. The zero-order chi connectivity index (χ0) is 17.1. The molecule has 1 saturated heterocycles. The van der Waals surface area contributed by atoms with Crippen molar-refractivity contribution in [3.63, 3.8) is 0 Å². The summed E-state index contributed by atoms with van der Waals surface area (Å²) in [5.74, 6) is 1.44. The first-order valence-corrected chi connectivity index (χ1v) is 9.55. The Morgan fingerprint density at radius 3 is 2.50 bits per heavy atom. The number of anilines is 1. The fourth-order valence-electron chi connectivity index (χ4n) is 2.75. The summed E-state index contributed by atoms with van der Waals surface area (Å²) in [6.07, 6.45) is 0. The van der Waals surface area contributed by atoms with E-state index in [1.165, 1.54) is 19.2 Å². The highest BCUT2D eigenvalue weighted by Gasteiger charge is 2.22. The summed E-state index contributed by atoms with van der Waals surface area (Å²) in [5.41, 5.74) is 3.23. The van der Waals surface area contributed by atoms with Crippen LogP contribution in [0.2, 0.25) is 0 Å². The van der Waals surface area contributed by atoms with Gasteiger partial charge in [-0.05, 0) is 35.4 Å². The van der Waals surface area contributed by atoms with Gasteiger partial charge < -0.3 is 9.64 Å². The third-order valence-corrected chi connectivity index (χ3v) is 5.60. The van der Waals surface area contributed by atoms with Gasteiger partial charge in [-0.2, -0.15) is 11.8 Å². The van der Waals surface area contributed by atoms with E-state index in [4.69, 9.17) is 4.74 Å². The van der Waals surface area contributed by atoms with Crippen molar-refractivity contribution in [2.75, 3.05) is 36.6 Å². The maximum absolute atomic E-state index is 13.2. The second-order valence-electron chi connectivity index (χ2n) is 5.45. The van der Waals surface area contributed by atoms with Crippen molar-refractivity contribution in [2.24, 2.45) is 0 Å². The Morgan fingerprint density at radius 1 is 1.21 bits per heavy atom. The molecule has 0 atom stereocenters. The van der Waals surface area contributed by atoms with Crippen molar-refractivity contribution in [1.82, 2.24) is 0 Å². The second-order valence-corrected chi connectivity index (χ2v) is 7.53. The Balaban J connectivity index is 2.10. The highest BCUT2D eigenvalue weighted by molar-refractivity contribution is 9.10. The van der Waals surface area contributed by atoms with Gasteiger partial charge in [-0.25, -0.2) is 9.18 Å². The van der Waals surface area contributed by atoms with Gasteiger partial charge in [0.05, 0.1) is 18.4 Å². The molecule has 2 aromatic rings. The smallest absolute Gasteiger partial charge is 0.340 e. The largest absolute Gasteiger partial charge is 0.465 e. The van der Waals surface area contributed by atoms with Crippen LogP contribution in [-0.4, -0.2) is 37.7 Å². The summed E-state index contributed by atoms with van der Waals surface area (Å²) >= 11 is 5.44. The van der Waals surface area contributed by atoms with Crippen LogP contribution in [0.25, 0.3) is 11.1 Å². The maximum Gasteiger partial charge on any atom is 0.340 e. The molecule has 0 spiro atoms. The van der Waals surface area contributed by atoms with E-state index in [0.717, 1.165) is 45.9 Å². The molecule has 0 N–H and O–H groups in total. The van der Waals surface area contributed by atoms with Crippen molar-refractivity contribution in [3.05, 3.63) is 52.3 Å². The second kappa shape index (κ2) is 7.57. The standard InChI is InChI=1S/C18H17BrFNO2S/c1-23-18(22)15-10-16(19)14(12-2-4-13(20)5-3-12)11-17(15)21-6-8-24-9-7-21/h2-5,10-11H,6-9H2,1H3. The molecule has 3 nitrogen and oxygen atoms in total. The molecule has 1 aliphatic rings. The van der Waals surface area contributed by atoms with Crippen molar-refractivity contribution in [1.29, 1.82) is 0 Å². The number of methoxy groups -OCH3 is 1. The number of esters is 1. The molecule has 0 radical (unpaired) electrons. The number of benzene rings is 2. The van der Waals surface area contributed by atoms with Crippen LogP contribution in [-0.2, 0) is 4.74 Å². The van der Waals surface area contributed by atoms with Crippen LogP contribution in [0.5, 0.6) is 0 Å². The Hall–Kier alpha value is -1.53. The van der Waals surface area contributed by atoms with Gasteiger partial charge in [0.1, 0.15) is 5.82 Å². The minimum atomic E-state index is -0.352. The average Bonchev–Trinajstić information content (AvgIpc) is 2.62. The Labute approximate surface area is 153 Å². The van der Waals surface area contributed by atoms with E-state index in [-0.39, 0.29) is 11.8 Å². The molecule has 1 heterocycles. The number of hydrogen-bond acceptors (Lipinski definition) is 4. The molecule has 0 amide bonds. The minimum Gasteiger partial charge on any atom is -0.465 e. The van der Waals surface area contributed by atoms with Crippen molar-refractivity contribution < 1.29 is 13.9 Å². The monoisotopic (exact) mass is 409 g/mol. The van der Waals surface area contributed by atoms with Crippen LogP contribution in [0.1, 0.15) is 10.4 Å². The van der Waals surface area contributed by atoms with Crippen LogP contribution in [0.4, 0.5) is 10.1 Å². The van der Waals surface area contributed by atoms with Gasteiger partial charge >= 0.3 is 5.97 Å². The lowest BCUT2D eigenvalue weighted by atomic mass is 10.0. The fraction of sp³-hybridized carbons (Fsp3) is 0.278. The summed E-state index contributed by atoms with van der Waals surface area (Å²) in [6, 6.07) is 10.1. The number of halogens is 2. The quantitative estimate of drug-likeness (QED) is 0.693. The predicted octanol–water partition coefficient (Wildman–Crippen LogP) is 4.60. The molecule has 0 aromatic heterocycles. The lowest BCUT2D eigenvalue weighted by molar-refractivity contribution is 0.0601. The SMILES string of the molecule is COC(=O)c1cc(Br)c(-c2ccc(F)cc2)cc1N1CCSCC1. The van der Waals surface area contributed by atoms with E-state index >= 15 is 0 Å². The van der Waals surface area contributed by atoms with Crippen LogP contribution in [0.15, 0.2) is 40.9 Å². The zero-order valence-electron chi connectivity index (χ0n) is 13.2. The van der Waals surface area contributed by atoms with Crippen LogP contribution >= 0.6 is 27.7 Å². The predicted molar refractivity (Wildman–Crippen MR) is 100 cm³/mol. The van der Waals surface area contributed by atoms with Crippen LogP contribution in [0.3, 0.4) is 0 Å². The average molecular weight is 410 g/mol. The Kier molecular flexibility index (Phi) is 5.46. The number of carbonyl (C=O) groups excluding carboxylic acids is 1. The topological polar surface area (TPSA) is 29.5 Å². The number of thioether (sulfide) groups is 1. The molecule has 0 aliphatic carbocycles. The summed E-state index contributed by atoms with van der Waals surface area (Å²) in [6.45, 7) is 1.78. The first-order chi connectivity index (χ1) is 11.6. The molecule has 6 heteroatoms. The molecule has 0 saturated carbocycles. The van der Waals surface area contributed by atoms with E-state index in [2.05, 4.69) is 20.8 Å². The van der Waals surface area contributed by atoms with Crippen molar-refractivity contribution >= 4 is 39.3 Å². The van der Waals surface area contributed by atoms with Gasteiger partial charge in [0.15, 0.2) is 0 Å². The highest BCUT2D eigenvalue weighted by Crippen LogP contribution is 2.36. The van der Waals surface area contributed by atoms with E-state index in [1.54, 1.807) is 18.2 Å². The lowest BCUT2D eigenvalue weighted by Gasteiger charge is -2.30. The van der Waals surface area contributed by atoms with Crippen molar-refractivity contribution in [2.45, 2.75) is 0 Å². The molecule has 0 bridgehead atoms. The number of rotatable bonds is 3. The molecule has 3 rings (SSSR count). The summed E-state index contributed by atoms with van der Waals surface area (Å²) in [4.78, 5) is 14.4.